The lowest BCUT2D eigenvalue weighted by molar-refractivity contribution is 0.735. The molecule has 2 N–H and O–H groups in total. The number of hydrogen-bond acceptors (Lipinski definition) is 2. The summed E-state index contributed by atoms with van der Waals surface area (Å²) < 4.78 is 1.13. The van der Waals surface area contributed by atoms with Gasteiger partial charge in [-0.05, 0) is 64.4 Å². The second-order valence-corrected chi connectivity index (χ2v) is 6.79. The van der Waals surface area contributed by atoms with E-state index in [-0.39, 0.29) is 6.04 Å². The fourth-order valence-electron chi connectivity index (χ4n) is 2.63. The summed E-state index contributed by atoms with van der Waals surface area (Å²) in [5.41, 5.74) is 10.7. The third-order valence-corrected chi connectivity index (χ3v) is 5.40. The van der Waals surface area contributed by atoms with Gasteiger partial charge in [-0.1, -0.05) is 18.2 Å². The van der Waals surface area contributed by atoms with Crippen LogP contribution in [0.1, 0.15) is 34.0 Å². The van der Waals surface area contributed by atoms with E-state index in [2.05, 4.69) is 45.6 Å². The van der Waals surface area contributed by atoms with E-state index in [9.17, 15) is 0 Å². The quantitative estimate of drug-likeness (QED) is 0.898. The van der Waals surface area contributed by atoms with Crippen LogP contribution in [0.2, 0.25) is 0 Å². The number of hydrogen-bond donors (Lipinski definition) is 1. The molecule has 1 unspecified atom stereocenters. The van der Waals surface area contributed by atoms with Gasteiger partial charge in [0.25, 0.3) is 0 Å². The Morgan fingerprint density at radius 2 is 2.06 bits per heavy atom. The fraction of sp³-hybridized carbons (Fsp3) is 0.333. The van der Waals surface area contributed by atoms with E-state index in [0.717, 1.165) is 10.9 Å². The summed E-state index contributed by atoms with van der Waals surface area (Å²) in [4.78, 5) is 1.25. The van der Waals surface area contributed by atoms with Gasteiger partial charge in [-0.15, -0.1) is 11.3 Å². The molecule has 1 aliphatic carbocycles. The number of nitrogens with two attached hydrogens (primary N) is 1. The number of fused-ring (bicyclic) bond motifs is 1. The molecular weight excluding hydrogens is 306 g/mol. The zero-order chi connectivity index (χ0) is 12.5. The summed E-state index contributed by atoms with van der Waals surface area (Å²) in [6, 6.07) is 9.12. The van der Waals surface area contributed by atoms with Crippen molar-refractivity contribution in [2.75, 3.05) is 0 Å². The van der Waals surface area contributed by atoms with Crippen LogP contribution in [0.25, 0.3) is 0 Å². The van der Waals surface area contributed by atoms with E-state index < -0.39 is 0 Å². The third-order valence-electron chi connectivity index (χ3n) is 3.57. The molecule has 0 amide bonds. The van der Waals surface area contributed by atoms with Crippen molar-refractivity contribution in [3.63, 3.8) is 0 Å². The van der Waals surface area contributed by atoms with Crippen LogP contribution in [0, 0.1) is 0 Å². The predicted octanol–water partition coefficient (Wildman–Crippen LogP) is 4.24. The summed E-state index contributed by atoms with van der Waals surface area (Å²) in [6.45, 7) is 0. The van der Waals surface area contributed by atoms with Crippen LogP contribution in [0.15, 0.2) is 34.1 Å². The Bertz CT molecular complexity index is 561. The van der Waals surface area contributed by atoms with Crippen LogP contribution in [0.3, 0.4) is 0 Å². The molecule has 18 heavy (non-hydrogen) atoms. The first kappa shape index (κ1) is 12.4. The Labute approximate surface area is 120 Å². The molecule has 94 valence electrons. The molecule has 0 radical (unpaired) electrons. The highest BCUT2D eigenvalue weighted by atomic mass is 79.9. The average molecular weight is 322 g/mol. The molecule has 0 fully saturated rings. The molecule has 1 atom stereocenters. The molecule has 1 aliphatic rings. The number of halogens is 1. The third kappa shape index (κ3) is 2.53. The fourth-order valence-corrected chi connectivity index (χ4v) is 4.08. The Hall–Kier alpha value is -0.640. The standard InChI is InChI=1S/C15H16BrNS/c16-13-8-15(18-9-13)14(17)7-10-4-5-11-2-1-3-12(11)6-10/h4-6,8-9,14H,1-3,7,17H2. The summed E-state index contributed by atoms with van der Waals surface area (Å²) in [7, 11) is 0. The van der Waals surface area contributed by atoms with Gasteiger partial charge >= 0.3 is 0 Å². The zero-order valence-electron chi connectivity index (χ0n) is 10.2. The monoisotopic (exact) mass is 321 g/mol. The molecule has 1 nitrogen and oxygen atoms in total. The molecule has 3 heteroatoms. The van der Waals surface area contributed by atoms with Crippen LogP contribution in [-0.4, -0.2) is 0 Å². The number of aryl methyl sites for hydroxylation is 2. The van der Waals surface area contributed by atoms with Crippen molar-refractivity contribution >= 4 is 27.3 Å². The van der Waals surface area contributed by atoms with E-state index in [1.165, 1.54) is 40.8 Å². The van der Waals surface area contributed by atoms with Crippen molar-refractivity contribution in [1.82, 2.24) is 0 Å². The van der Waals surface area contributed by atoms with Gasteiger partial charge in [0.2, 0.25) is 0 Å². The lowest BCUT2D eigenvalue weighted by Gasteiger charge is -2.11. The van der Waals surface area contributed by atoms with Gasteiger partial charge in [-0.25, -0.2) is 0 Å². The van der Waals surface area contributed by atoms with E-state index in [1.54, 1.807) is 11.3 Å². The molecule has 0 spiro atoms. The Balaban J connectivity index is 1.76. The average Bonchev–Trinajstić information content (AvgIpc) is 2.96. The predicted molar refractivity (Wildman–Crippen MR) is 81.1 cm³/mol. The molecule has 0 bridgehead atoms. The number of thiophene rings is 1. The highest BCUT2D eigenvalue weighted by Gasteiger charge is 2.13. The number of rotatable bonds is 3. The molecule has 3 rings (SSSR count). The Morgan fingerprint density at radius 1 is 1.22 bits per heavy atom. The van der Waals surface area contributed by atoms with Crippen LogP contribution in [0.4, 0.5) is 0 Å². The van der Waals surface area contributed by atoms with Gasteiger partial charge in [-0.2, -0.15) is 0 Å². The molecule has 0 saturated heterocycles. The van der Waals surface area contributed by atoms with Gasteiger partial charge in [0.05, 0.1) is 0 Å². The van der Waals surface area contributed by atoms with E-state index in [1.807, 2.05) is 0 Å². The summed E-state index contributed by atoms with van der Waals surface area (Å²) >= 11 is 5.21. The van der Waals surface area contributed by atoms with Crippen molar-refractivity contribution in [3.05, 3.63) is 55.7 Å². The second-order valence-electron chi connectivity index (χ2n) is 4.93. The van der Waals surface area contributed by atoms with E-state index >= 15 is 0 Å². The first-order chi connectivity index (χ1) is 8.72. The minimum absolute atomic E-state index is 0.112. The second kappa shape index (κ2) is 5.16. The maximum Gasteiger partial charge on any atom is 0.0431 e. The first-order valence-corrected chi connectivity index (χ1v) is 8.00. The van der Waals surface area contributed by atoms with E-state index in [4.69, 9.17) is 5.73 Å². The van der Waals surface area contributed by atoms with Crippen LogP contribution in [0.5, 0.6) is 0 Å². The van der Waals surface area contributed by atoms with Crippen molar-refractivity contribution in [2.45, 2.75) is 31.7 Å². The summed E-state index contributed by atoms with van der Waals surface area (Å²) in [5.74, 6) is 0. The molecule has 2 aromatic rings. The van der Waals surface area contributed by atoms with Crippen molar-refractivity contribution in [2.24, 2.45) is 5.73 Å². The van der Waals surface area contributed by atoms with Crippen molar-refractivity contribution < 1.29 is 0 Å². The van der Waals surface area contributed by atoms with Gasteiger partial charge < -0.3 is 5.73 Å². The maximum absolute atomic E-state index is 6.28. The van der Waals surface area contributed by atoms with E-state index in [0.29, 0.717) is 0 Å². The lowest BCUT2D eigenvalue weighted by Crippen LogP contribution is -2.11. The molecule has 0 saturated carbocycles. The van der Waals surface area contributed by atoms with Crippen molar-refractivity contribution in [3.8, 4) is 0 Å². The van der Waals surface area contributed by atoms with Gasteiger partial charge in [0, 0.05) is 20.8 Å². The minimum Gasteiger partial charge on any atom is -0.323 e. The SMILES string of the molecule is NC(Cc1ccc2c(c1)CCC2)c1cc(Br)cs1. The largest absolute Gasteiger partial charge is 0.323 e. The highest BCUT2D eigenvalue weighted by molar-refractivity contribution is 9.10. The number of benzene rings is 1. The van der Waals surface area contributed by atoms with Gasteiger partial charge in [-0.3, -0.25) is 0 Å². The molecule has 1 aromatic carbocycles. The van der Waals surface area contributed by atoms with Crippen molar-refractivity contribution in [1.29, 1.82) is 0 Å². The van der Waals surface area contributed by atoms with Crippen LogP contribution < -0.4 is 5.73 Å². The first-order valence-electron chi connectivity index (χ1n) is 6.32. The van der Waals surface area contributed by atoms with Crippen LogP contribution >= 0.6 is 27.3 Å². The maximum atomic E-state index is 6.28. The van der Waals surface area contributed by atoms with Gasteiger partial charge in [0.15, 0.2) is 0 Å². The zero-order valence-corrected chi connectivity index (χ0v) is 12.6. The topological polar surface area (TPSA) is 26.0 Å². The Morgan fingerprint density at radius 3 is 2.83 bits per heavy atom. The lowest BCUT2D eigenvalue weighted by atomic mass is 10.0. The van der Waals surface area contributed by atoms with Gasteiger partial charge in [0.1, 0.15) is 0 Å². The Kier molecular flexibility index (Phi) is 3.55. The highest BCUT2D eigenvalue weighted by Crippen LogP contribution is 2.28. The molecule has 1 heterocycles. The normalized spacial score (nSPS) is 15.7. The molecular formula is C15H16BrNS. The molecule has 0 aliphatic heterocycles. The summed E-state index contributed by atoms with van der Waals surface area (Å²) in [6.07, 6.45) is 4.73. The molecule has 1 aromatic heterocycles. The smallest absolute Gasteiger partial charge is 0.0431 e. The summed E-state index contributed by atoms with van der Waals surface area (Å²) in [5, 5.41) is 2.10. The minimum atomic E-state index is 0.112. The van der Waals surface area contributed by atoms with Crippen LogP contribution in [-0.2, 0) is 19.3 Å².